The van der Waals surface area contributed by atoms with E-state index >= 15 is 0 Å². The highest BCUT2D eigenvalue weighted by Crippen LogP contribution is 2.42. The Morgan fingerprint density at radius 2 is 1.60 bits per heavy atom. The Bertz CT molecular complexity index is 424. The van der Waals surface area contributed by atoms with Crippen LogP contribution in [0.5, 0.6) is 0 Å². The summed E-state index contributed by atoms with van der Waals surface area (Å²) in [6.45, 7) is 16.6. The fourth-order valence-corrected chi connectivity index (χ4v) is 8.99. The normalized spacial score (nSPS) is 12.8. The van der Waals surface area contributed by atoms with E-state index in [1.807, 2.05) is 6.20 Å². The van der Waals surface area contributed by atoms with E-state index in [1.165, 1.54) is 5.56 Å². The number of hydrogen-bond donors (Lipinski definition) is 0. The van der Waals surface area contributed by atoms with Crippen molar-refractivity contribution in [2.45, 2.75) is 71.7 Å². The molecule has 1 aromatic rings. The van der Waals surface area contributed by atoms with Gasteiger partial charge < -0.3 is 4.43 Å². The lowest BCUT2D eigenvalue weighted by Gasteiger charge is -2.42. The molecule has 1 rings (SSSR count). The van der Waals surface area contributed by atoms with Crippen molar-refractivity contribution < 1.29 is 4.43 Å². The van der Waals surface area contributed by atoms with Gasteiger partial charge in [0.2, 0.25) is 8.32 Å². The van der Waals surface area contributed by atoms with Crippen LogP contribution >= 0.6 is 15.9 Å². The summed E-state index contributed by atoms with van der Waals surface area (Å²) < 4.78 is 7.61. The zero-order valence-electron chi connectivity index (χ0n) is 13.8. The molecule has 0 N–H and O–H groups in total. The second-order valence-corrected chi connectivity index (χ2v) is 12.8. The molecular weight excluding hydrogens is 330 g/mol. The monoisotopic (exact) mass is 357 g/mol. The zero-order chi connectivity index (χ0) is 15.5. The van der Waals surface area contributed by atoms with Crippen molar-refractivity contribution in [2.75, 3.05) is 0 Å². The van der Waals surface area contributed by atoms with Crippen LogP contribution in [0.25, 0.3) is 0 Å². The third kappa shape index (κ3) is 3.71. The Labute approximate surface area is 133 Å². The smallest absolute Gasteiger partial charge is 0.200 e. The van der Waals surface area contributed by atoms with Crippen LogP contribution in [0, 0.1) is 6.92 Å². The molecule has 20 heavy (non-hydrogen) atoms. The van der Waals surface area contributed by atoms with Gasteiger partial charge in [0.25, 0.3) is 0 Å². The molecule has 0 aliphatic rings. The molecule has 0 spiro atoms. The predicted molar refractivity (Wildman–Crippen MR) is 92.5 cm³/mol. The highest BCUT2D eigenvalue weighted by Gasteiger charge is 2.45. The van der Waals surface area contributed by atoms with Gasteiger partial charge >= 0.3 is 0 Å². The van der Waals surface area contributed by atoms with Gasteiger partial charge in [0.1, 0.15) is 0 Å². The van der Waals surface area contributed by atoms with Crippen LogP contribution < -0.4 is 0 Å². The van der Waals surface area contributed by atoms with E-state index in [0.717, 1.165) is 10.2 Å². The molecule has 1 heterocycles. The molecule has 114 valence electrons. The minimum Gasteiger partial charge on any atom is -0.410 e. The Balaban J connectivity index is 2.94. The van der Waals surface area contributed by atoms with E-state index in [-0.39, 0.29) is 0 Å². The average Bonchev–Trinajstić information content (AvgIpc) is 2.33. The van der Waals surface area contributed by atoms with Gasteiger partial charge in [0.15, 0.2) is 0 Å². The van der Waals surface area contributed by atoms with E-state index in [9.17, 15) is 0 Å². The summed E-state index contributed by atoms with van der Waals surface area (Å²) in [4.78, 5) is 4.47. The van der Waals surface area contributed by atoms with Crippen LogP contribution in [-0.2, 0) is 11.0 Å². The lowest BCUT2D eigenvalue weighted by Crippen LogP contribution is -2.47. The summed E-state index contributed by atoms with van der Waals surface area (Å²) in [5.41, 5.74) is 4.08. The maximum absolute atomic E-state index is 6.56. The summed E-state index contributed by atoms with van der Waals surface area (Å²) in [6, 6.07) is 2.12. The van der Waals surface area contributed by atoms with Crippen LogP contribution in [0.3, 0.4) is 0 Å². The SMILES string of the molecule is Cc1cc(CO[Si](C(C)C)(C(C)C)C(C)C)ncc1Br. The molecule has 0 saturated carbocycles. The molecule has 0 unspecified atom stereocenters. The first kappa shape index (κ1) is 17.9. The maximum atomic E-state index is 6.56. The number of pyridine rings is 1. The first-order valence-corrected chi connectivity index (χ1v) is 10.4. The number of aryl methyl sites for hydroxylation is 1. The van der Waals surface area contributed by atoms with Gasteiger partial charge in [-0.2, -0.15) is 0 Å². The Kier molecular flexibility index (Phi) is 6.42. The van der Waals surface area contributed by atoms with Gasteiger partial charge in [-0.3, -0.25) is 4.98 Å². The molecular formula is C16H28BrNOSi. The molecule has 0 saturated heterocycles. The molecule has 1 aromatic heterocycles. The van der Waals surface area contributed by atoms with Gasteiger partial charge in [-0.25, -0.2) is 0 Å². The average molecular weight is 358 g/mol. The van der Waals surface area contributed by atoms with E-state index in [0.29, 0.717) is 23.2 Å². The van der Waals surface area contributed by atoms with Gasteiger partial charge in [-0.1, -0.05) is 41.5 Å². The third-order valence-corrected chi connectivity index (χ3v) is 11.2. The third-order valence-electron chi connectivity index (χ3n) is 4.28. The molecule has 2 nitrogen and oxygen atoms in total. The summed E-state index contributed by atoms with van der Waals surface area (Å²) in [5, 5.41) is 0. The highest BCUT2D eigenvalue weighted by atomic mass is 79.9. The van der Waals surface area contributed by atoms with Crippen LogP contribution in [0.1, 0.15) is 52.8 Å². The Hall–Kier alpha value is -0.193. The van der Waals surface area contributed by atoms with Crippen molar-refractivity contribution in [2.24, 2.45) is 0 Å². The van der Waals surface area contributed by atoms with E-state index < -0.39 is 8.32 Å². The topological polar surface area (TPSA) is 22.1 Å². The molecule has 0 fully saturated rings. The van der Waals surface area contributed by atoms with Crippen molar-refractivity contribution in [3.8, 4) is 0 Å². The lowest BCUT2D eigenvalue weighted by atomic mass is 10.2. The predicted octanol–water partition coefficient (Wildman–Crippen LogP) is 5.84. The van der Waals surface area contributed by atoms with Gasteiger partial charge in [0, 0.05) is 10.7 Å². The van der Waals surface area contributed by atoms with Crippen LogP contribution in [0.15, 0.2) is 16.7 Å². The maximum Gasteiger partial charge on any atom is 0.200 e. The van der Waals surface area contributed by atoms with Crippen molar-refractivity contribution >= 4 is 24.2 Å². The first-order chi connectivity index (χ1) is 9.21. The summed E-state index contributed by atoms with van der Waals surface area (Å²) in [6.07, 6.45) is 1.87. The molecule has 0 amide bonds. The van der Waals surface area contributed by atoms with Crippen LogP contribution in [-0.4, -0.2) is 13.3 Å². The molecule has 0 aromatic carbocycles. The van der Waals surface area contributed by atoms with E-state index in [1.54, 1.807) is 0 Å². The number of halogens is 1. The van der Waals surface area contributed by atoms with Gasteiger partial charge in [-0.15, -0.1) is 0 Å². The first-order valence-electron chi connectivity index (χ1n) is 7.46. The number of nitrogens with zero attached hydrogens (tertiary/aromatic N) is 1. The van der Waals surface area contributed by atoms with Crippen molar-refractivity contribution in [3.05, 3.63) is 28.0 Å². The summed E-state index contributed by atoms with van der Waals surface area (Å²) >= 11 is 3.49. The Morgan fingerprint density at radius 1 is 1.10 bits per heavy atom. The molecule has 0 aliphatic carbocycles. The largest absolute Gasteiger partial charge is 0.410 e. The van der Waals surface area contributed by atoms with E-state index in [2.05, 4.69) is 75.4 Å². The Morgan fingerprint density at radius 3 is 2.00 bits per heavy atom. The second kappa shape index (κ2) is 7.19. The van der Waals surface area contributed by atoms with Crippen LogP contribution in [0.2, 0.25) is 16.6 Å². The highest BCUT2D eigenvalue weighted by molar-refractivity contribution is 9.10. The fraction of sp³-hybridized carbons (Fsp3) is 0.688. The van der Waals surface area contributed by atoms with Crippen molar-refractivity contribution in [3.63, 3.8) is 0 Å². The zero-order valence-corrected chi connectivity index (χ0v) is 16.4. The summed E-state index contributed by atoms with van der Waals surface area (Å²) in [5.74, 6) is 0. The quantitative estimate of drug-likeness (QED) is 0.596. The number of hydrogen-bond acceptors (Lipinski definition) is 2. The number of aromatic nitrogens is 1. The number of rotatable bonds is 6. The minimum atomic E-state index is -1.79. The molecule has 4 heteroatoms. The van der Waals surface area contributed by atoms with Crippen LogP contribution in [0.4, 0.5) is 0 Å². The molecule has 0 aliphatic heterocycles. The van der Waals surface area contributed by atoms with Crippen molar-refractivity contribution in [1.29, 1.82) is 0 Å². The fourth-order valence-electron chi connectivity index (χ4n) is 3.38. The molecule has 0 radical (unpaired) electrons. The molecule has 0 bridgehead atoms. The minimum absolute atomic E-state index is 0.610. The second-order valence-electron chi connectivity index (χ2n) is 6.53. The van der Waals surface area contributed by atoms with E-state index in [4.69, 9.17) is 4.43 Å². The standard InChI is InChI=1S/C16H28BrNOSi/c1-11(2)20(12(3)4,13(5)6)19-10-15-8-14(7)16(17)9-18-15/h8-9,11-13H,10H2,1-7H3. The van der Waals surface area contributed by atoms with Gasteiger partial charge in [0.05, 0.1) is 12.3 Å². The lowest BCUT2D eigenvalue weighted by molar-refractivity contribution is 0.261. The summed E-state index contributed by atoms with van der Waals surface area (Å²) in [7, 11) is -1.79. The molecule has 0 atom stereocenters. The van der Waals surface area contributed by atoms with Crippen molar-refractivity contribution in [1.82, 2.24) is 4.98 Å². The van der Waals surface area contributed by atoms with Gasteiger partial charge in [-0.05, 0) is 51.1 Å².